The van der Waals surface area contributed by atoms with Crippen LogP contribution in [0.5, 0.6) is 0 Å². The molecule has 1 unspecified atom stereocenters. The Balaban J connectivity index is 2.11. The maximum Gasteiger partial charge on any atom is 0.253 e. The lowest BCUT2D eigenvalue weighted by Gasteiger charge is -2.22. The number of hydrogen-bond donors (Lipinski definition) is 2. The molecule has 1 heterocycles. The molecule has 0 radical (unpaired) electrons. The van der Waals surface area contributed by atoms with Crippen molar-refractivity contribution in [2.75, 3.05) is 0 Å². The summed E-state index contributed by atoms with van der Waals surface area (Å²) in [4.78, 5) is 34.7. The Bertz CT molecular complexity index is 560. The smallest absolute Gasteiger partial charge is 0.253 e. The van der Waals surface area contributed by atoms with Gasteiger partial charge in [-0.25, -0.2) is 0 Å². The quantitative estimate of drug-likeness (QED) is 0.756. The van der Waals surface area contributed by atoms with E-state index in [1.807, 2.05) is 0 Å². The highest BCUT2D eigenvalue weighted by Crippen LogP contribution is 2.21. The zero-order chi connectivity index (χ0) is 14.0. The van der Waals surface area contributed by atoms with Crippen LogP contribution in [0.25, 0.3) is 0 Å². The van der Waals surface area contributed by atoms with Crippen molar-refractivity contribution >= 4 is 49.6 Å². The SMILES string of the molecule is O=C1CCC(NC(=O)c2cc(Br)ccc2Br)C(=O)N1. The van der Waals surface area contributed by atoms with Crippen molar-refractivity contribution in [3.05, 3.63) is 32.7 Å². The lowest BCUT2D eigenvalue weighted by Crippen LogP contribution is -2.52. The second-order valence-corrected chi connectivity index (χ2v) is 5.87. The molecule has 0 saturated carbocycles. The van der Waals surface area contributed by atoms with Gasteiger partial charge in [0.2, 0.25) is 11.8 Å². The van der Waals surface area contributed by atoms with Crippen LogP contribution >= 0.6 is 31.9 Å². The Morgan fingerprint density at radius 3 is 2.74 bits per heavy atom. The van der Waals surface area contributed by atoms with Crippen LogP contribution in [-0.4, -0.2) is 23.8 Å². The van der Waals surface area contributed by atoms with E-state index in [-0.39, 0.29) is 18.2 Å². The maximum absolute atomic E-state index is 12.1. The lowest BCUT2D eigenvalue weighted by molar-refractivity contribution is -0.134. The molecule has 7 heteroatoms. The number of nitrogens with one attached hydrogen (secondary N) is 2. The number of halogens is 2. The summed E-state index contributed by atoms with van der Waals surface area (Å²) in [5.74, 6) is -1.13. The molecule has 1 atom stereocenters. The van der Waals surface area contributed by atoms with Gasteiger partial charge in [0.05, 0.1) is 5.56 Å². The minimum Gasteiger partial charge on any atom is -0.340 e. The molecule has 100 valence electrons. The van der Waals surface area contributed by atoms with Crippen molar-refractivity contribution < 1.29 is 14.4 Å². The van der Waals surface area contributed by atoms with Gasteiger partial charge < -0.3 is 5.32 Å². The summed E-state index contributed by atoms with van der Waals surface area (Å²) in [5.41, 5.74) is 0.430. The van der Waals surface area contributed by atoms with Gasteiger partial charge in [-0.1, -0.05) is 15.9 Å². The topological polar surface area (TPSA) is 75.3 Å². The fourth-order valence-electron chi connectivity index (χ4n) is 1.74. The van der Waals surface area contributed by atoms with Crippen molar-refractivity contribution in [3.8, 4) is 0 Å². The van der Waals surface area contributed by atoms with Gasteiger partial charge in [-0.15, -0.1) is 0 Å². The second kappa shape index (κ2) is 5.83. The molecule has 1 aliphatic heterocycles. The number of piperidine rings is 1. The van der Waals surface area contributed by atoms with Gasteiger partial charge in [0.1, 0.15) is 6.04 Å². The van der Waals surface area contributed by atoms with E-state index >= 15 is 0 Å². The largest absolute Gasteiger partial charge is 0.340 e. The highest BCUT2D eigenvalue weighted by molar-refractivity contribution is 9.11. The first-order valence-corrected chi connectivity index (χ1v) is 7.15. The highest BCUT2D eigenvalue weighted by Gasteiger charge is 2.28. The molecule has 0 aliphatic carbocycles. The Morgan fingerprint density at radius 2 is 2.05 bits per heavy atom. The molecule has 1 aromatic rings. The first kappa shape index (κ1) is 14.2. The standard InChI is InChI=1S/C12H10Br2N2O3/c13-6-1-2-8(14)7(5-6)11(18)15-9-3-4-10(17)16-12(9)19/h1-2,5,9H,3-4H2,(H,15,18)(H,16,17,19). The molecule has 1 saturated heterocycles. The third-order valence-electron chi connectivity index (χ3n) is 2.72. The molecular formula is C12H10Br2N2O3. The van der Waals surface area contributed by atoms with Gasteiger partial charge in [0.25, 0.3) is 5.91 Å². The van der Waals surface area contributed by atoms with E-state index in [0.29, 0.717) is 16.5 Å². The number of rotatable bonds is 2. The van der Waals surface area contributed by atoms with Crippen molar-refractivity contribution in [1.29, 1.82) is 0 Å². The van der Waals surface area contributed by atoms with Crippen LogP contribution in [0.2, 0.25) is 0 Å². The van der Waals surface area contributed by atoms with Crippen LogP contribution in [-0.2, 0) is 9.59 Å². The molecule has 19 heavy (non-hydrogen) atoms. The molecule has 3 amide bonds. The maximum atomic E-state index is 12.1. The number of carbonyl (C=O) groups is 3. The Hall–Kier alpha value is -1.21. The van der Waals surface area contributed by atoms with Crippen molar-refractivity contribution in [3.63, 3.8) is 0 Å². The van der Waals surface area contributed by atoms with E-state index in [0.717, 1.165) is 4.47 Å². The lowest BCUT2D eigenvalue weighted by atomic mass is 10.1. The zero-order valence-electron chi connectivity index (χ0n) is 9.70. The minimum atomic E-state index is -0.670. The predicted molar refractivity (Wildman–Crippen MR) is 75.5 cm³/mol. The number of amides is 3. The first-order valence-electron chi connectivity index (χ1n) is 5.57. The van der Waals surface area contributed by atoms with Crippen molar-refractivity contribution in [2.24, 2.45) is 0 Å². The van der Waals surface area contributed by atoms with Gasteiger partial charge in [-0.3, -0.25) is 19.7 Å². The van der Waals surface area contributed by atoms with Gasteiger partial charge in [0, 0.05) is 15.4 Å². The third kappa shape index (κ3) is 3.42. The van der Waals surface area contributed by atoms with Gasteiger partial charge in [-0.2, -0.15) is 0 Å². The highest BCUT2D eigenvalue weighted by atomic mass is 79.9. The van der Waals surface area contributed by atoms with Crippen molar-refractivity contribution in [1.82, 2.24) is 10.6 Å². The van der Waals surface area contributed by atoms with E-state index in [2.05, 4.69) is 42.5 Å². The van der Waals surface area contributed by atoms with E-state index in [1.165, 1.54) is 0 Å². The molecule has 0 bridgehead atoms. The zero-order valence-corrected chi connectivity index (χ0v) is 12.9. The van der Waals surface area contributed by atoms with Crippen LogP contribution in [0, 0.1) is 0 Å². The van der Waals surface area contributed by atoms with Crippen LogP contribution in [0.3, 0.4) is 0 Å². The number of carbonyl (C=O) groups excluding carboxylic acids is 3. The summed E-state index contributed by atoms with van der Waals surface area (Å²) in [6, 6.07) is 4.53. The van der Waals surface area contributed by atoms with E-state index in [4.69, 9.17) is 0 Å². The fourth-order valence-corrected chi connectivity index (χ4v) is 2.53. The molecule has 5 nitrogen and oxygen atoms in total. The van der Waals surface area contributed by atoms with Gasteiger partial charge >= 0.3 is 0 Å². The normalized spacial score (nSPS) is 18.9. The summed E-state index contributed by atoms with van der Waals surface area (Å²) in [6.45, 7) is 0. The fraction of sp³-hybridized carbons (Fsp3) is 0.250. The van der Waals surface area contributed by atoms with Gasteiger partial charge in [-0.05, 0) is 40.5 Å². The predicted octanol–water partition coefficient (Wildman–Crippen LogP) is 1.75. The monoisotopic (exact) mass is 388 g/mol. The Labute approximate surface area is 126 Å². The number of benzene rings is 1. The molecule has 0 aromatic heterocycles. The van der Waals surface area contributed by atoms with E-state index < -0.39 is 11.9 Å². The van der Waals surface area contributed by atoms with Crippen LogP contribution in [0.4, 0.5) is 0 Å². The molecular weight excluding hydrogens is 380 g/mol. The summed E-state index contributed by atoms with van der Waals surface area (Å²) in [5, 5.41) is 4.82. The second-order valence-electron chi connectivity index (χ2n) is 4.10. The summed E-state index contributed by atoms with van der Waals surface area (Å²) >= 11 is 6.57. The van der Waals surface area contributed by atoms with Crippen molar-refractivity contribution in [2.45, 2.75) is 18.9 Å². The minimum absolute atomic E-state index is 0.232. The van der Waals surface area contributed by atoms with E-state index in [9.17, 15) is 14.4 Å². The first-order chi connectivity index (χ1) is 8.97. The van der Waals surface area contributed by atoms with Crippen LogP contribution in [0.15, 0.2) is 27.1 Å². The number of hydrogen-bond acceptors (Lipinski definition) is 3. The molecule has 1 aliphatic rings. The number of imide groups is 1. The molecule has 0 spiro atoms. The van der Waals surface area contributed by atoms with Crippen LogP contribution < -0.4 is 10.6 Å². The average Bonchev–Trinajstić information content (AvgIpc) is 2.35. The molecule has 2 rings (SSSR count). The summed E-state index contributed by atoms with van der Waals surface area (Å²) in [7, 11) is 0. The van der Waals surface area contributed by atoms with Crippen LogP contribution in [0.1, 0.15) is 23.2 Å². The Kier molecular flexibility index (Phi) is 4.36. The summed E-state index contributed by atoms with van der Waals surface area (Å²) in [6.07, 6.45) is 0.554. The Morgan fingerprint density at radius 1 is 1.32 bits per heavy atom. The molecule has 2 N–H and O–H groups in total. The molecule has 1 aromatic carbocycles. The average molecular weight is 390 g/mol. The molecule has 1 fully saturated rings. The van der Waals surface area contributed by atoms with E-state index in [1.54, 1.807) is 18.2 Å². The van der Waals surface area contributed by atoms with Gasteiger partial charge in [0.15, 0.2) is 0 Å². The summed E-state index contributed by atoms with van der Waals surface area (Å²) < 4.78 is 1.41. The third-order valence-corrected chi connectivity index (χ3v) is 3.90.